The van der Waals surface area contributed by atoms with Crippen molar-refractivity contribution in [3.8, 4) is 11.5 Å². The van der Waals surface area contributed by atoms with Gasteiger partial charge in [0.25, 0.3) is 5.69 Å². The highest BCUT2D eigenvalue weighted by Crippen LogP contribution is 2.41. The number of anilines is 1. The lowest BCUT2D eigenvalue weighted by molar-refractivity contribution is -0.384. The highest BCUT2D eigenvalue weighted by molar-refractivity contribution is 7.92. The normalized spacial score (nSPS) is 16.9. The molecule has 1 heterocycles. The Bertz CT molecular complexity index is 1150. The van der Waals surface area contributed by atoms with E-state index in [9.17, 15) is 23.3 Å². The first-order chi connectivity index (χ1) is 14.9. The second kappa shape index (κ2) is 8.65. The number of sulfonamides is 1. The molecule has 0 spiro atoms. The number of methoxy groups -OCH3 is 1. The van der Waals surface area contributed by atoms with Crippen molar-refractivity contribution in [1.29, 1.82) is 0 Å². The molecule has 1 aliphatic rings. The van der Waals surface area contributed by atoms with Crippen LogP contribution in [0.5, 0.6) is 11.5 Å². The second-order valence-corrected chi connectivity index (χ2v) is 10.0. The first kappa shape index (κ1) is 23.3. The molecule has 172 valence electrons. The van der Waals surface area contributed by atoms with Gasteiger partial charge in [-0.1, -0.05) is 6.07 Å². The fraction of sp³-hybridized carbons (Fsp3) is 0.381. The van der Waals surface area contributed by atoms with Crippen LogP contribution in [0.2, 0.25) is 0 Å². The van der Waals surface area contributed by atoms with Gasteiger partial charge in [0, 0.05) is 30.2 Å². The molecule has 1 atom stereocenters. The van der Waals surface area contributed by atoms with Gasteiger partial charge in [-0.15, -0.1) is 0 Å². The zero-order valence-electron chi connectivity index (χ0n) is 18.2. The molecular weight excluding hydrogens is 438 g/mol. The number of fused-ring (bicyclic) bond motifs is 1. The number of non-ortho nitro benzene ring substituents is 1. The molecule has 0 aromatic heterocycles. The van der Waals surface area contributed by atoms with Gasteiger partial charge in [0.1, 0.15) is 23.6 Å². The van der Waals surface area contributed by atoms with E-state index in [0.29, 0.717) is 17.9 Å². The van der Waals surface area contributed by atoms with E-state index in [-0.39, 0.29) is 11.4 Å². The summed E-state index contributed by atoms with van der Waals surface area (Å²) in [5, 5.41) is 13.9. The van der Waals surface area contributed by atoms with Crippen LogP contribution in [0.25, 0.3) is 0 Å². The van der Waals surface area contributed by atoms with Crippen LogP contribution in [-0.2, 0) is 14.8 Å². The van der Waals surface area contributed by atoms with E-state index in [1.807, 2.05) is 13.8 Å². The number of nitrogens with one attached hydrogen (secondary N) is 1. The van der Waals surface area contributed by atoms with Crippen molar-refractivity contribution >= 4 is 27.3 Å². The third kappa shape index (κ3) is 5.28. The minimum atomic E-state index is -3.88. The number of benzene rings is 2. The van der Waals surface area contributed by atoms with Crippen LogP contribution in [0.1, 0.15) is 31.9 Å². The fourth-order valence-corrected chi connectivity index (χ4v) is 4.47. The maximum atomic E-state index is 12.9. The van der Waals surface area contributed by atoms with Gasteiger partial charge in [0.05, 0.1) is 30.0 Å². The molecule has 1 unspecified atom stereocenters. The number of carbonyl (C=O) groups is 1. The third-order valence-electron chi connectivity index (χ3n) is 5.03. The molecule has 1 N–H and O–H groups in total. The zero-order valence-corrected chi connectivity index (χ0v) is 19.0. The lowest BCUT2D eigenvalue weighted by Crippen LogP contribution is -2.45. The summed E-state index contributed by atoms with van der Waals surface area (Å²) in [6.07, 6.45) is 1.41. The molecule has 3 rings (SSSR count). The van der Waals surface area contributed by atoms with Crippen molar-refractivity contribution in [3.63, 3.8) is 0 Å². The Morgan fingerprint density at radius 2 is 2.03 bits per heavy atom. The summed E-state index contributed by atoms with van der Waals surface area (Å²) in [5.74, 6) is 0.636. The van der Waals surface area contributed by atoms with E-state index >= 15 is 0 Å². The van der Waals surface area contributed by atoms with E-state index in [2.05, 4.69) is 5.32 Å². The molecule has 11 heteroatoms. The van der Waals surface area contributed by atoms with Gasteiger partial charge in [-0.25, -0.2) is 8.42 Å². The SMILES string of the molecule is COc1ccc2c(c1)OC(C)(C)CC2NC(=O)CN(c1cccc([N+](=O)[O-])c1)S(C)(=O)=O. The topological polar surface area (TPSA) is 128 Å². The molecule has 0 aliphatic carbocycles. The smallest absolute Gasteiger partial charge is 0.271 e. The molecule has 0 saturated heterocycles. The molecule has 2 aromatic rings. The molecule has 0 radical (unpaired) electrons. The average molecular weight is 464 g/mol. The van der Waals surface area contributed by atoms with Crippen molar-refractivity contribution in [1.82, 2.24) is 5.32 Å². The number of hydrogen-bond donors (Lipinski definition) is 1. The Hall–Kier alpha value is -3.34. The quantitative estimate of drug-likeness (QED) is 0.494. The summed E-state index contributed by atoms with van der Waals surface area (Å²) >= 11 is 0. The predicted molar refractivity (Wildman–Crippen MR) is 118 cm³/mol. The van der Waals surface area contributed by atoms with Crippen LogP contribution in [-0.4, -0.2) is 44.8 Å². The van der Waals surface area contributed by atoms with Crippen molar-refractivity contribution in [2.24, 2.45) is 0 Å². The summed E-state index contributed by atoms with van der Waals surface area (Å²) in [7, 11) is -2.34. The van der Waals surface area contributed by atoms with Crippen LogP contribution in [0.4, 0.5) is 11.4 Å². The van der Waals surface area contributed by atoms with E-state index in [1.54, 1.807) is 25.3 Å². The molecule has 10 nitrogen and oxygen atoms in total. The molecule has 1 aliphatic heterocycles. The van der Waals surface area contributed by atoms with Crippen molar-refractivity contribution in [2.45, 2.75) is 31.9 Å². The van der Waals surface area contributed by atoms with Gasteiger partial charge >= 0.3 is 0 Å². The van der Waals surface area contributed by atoms with Gasteiger partial charge in [0.2, 0.25) is 15.9 Å². The van der Waals surface area contributed by atoms with Crippen LogP contribution in [0.3, 0.4) is 0 Å². The first-order valence-corrected chi connectivity index (χ1v) is 11.6. The van der Waals surface area contributed by atoms with Crippen LogP contribution < -0.4 is 19.1 Å². The number of rotatable bonds is 7. The Morgan fingerprint density at radius 3 is 2.66 bits per heavy atom. The number of amides is 1. The minimum Gasteiger partial charge on any atom is -0.497 e. The monoisotopic (exact) mass is 463 g/mol. The van der Waals surface area contributed by atoms with Crippen LogP contribution in [0.15, 0.2) is 42.5 Å². The van der Waals surface area contributed by atoms with Gasteiger partial charge in [-0.05, 0) is 32.0 Å². The van der Waals surface area contributed by atoms with Crippen molar-refractivity contribution in [3.05, 3.63) is 58.1 Å². The first-order valence-electron chi connectivity index (χ1n) is 9.78. The molecule has 2 aromatic carbocycles. The van der Waals surface area contributed by atoms with E-state index < -0.39 is 39.0 Å². The lowest BCUT2D eigenvalue weighted by Gasteiger charge is -2.38. The largest absolute Gasteiger partial charge is 0.497 e. The van der Waals surface area contributed by atoms with Crippen molar-refractivity contribution in [2.75, 3.05) is 24.2 Å². The molecular formula is C21H25N3O7S. The highest BCUT2D eigenvalue weighted by atomic mass is 32.2. The highest BCUT2D eigenvalue weighted by Gasteiger charge is 2.35. The molecule has 0 bridgehead atoms. The van der Waals surface area contributed by atoms with Gasteiger partial charge in [-0.2, -0.15) is 0 Å². The van der Waals surface area contributed by atoms with Gasteiger partial charge < -0.3 is 14.8 Å². The standard InChI is InChI=1S/C21H25N3O7S/c1-21(2)12-18(17-9-8-16(30-3)11-19(17)31-21)22-20(25)13-23(32(4,28)29)14-6-5-7-15(10-14)24(26)27/h5-11,18H,12-13H2,1-4H3,(H,22,25). The number of carbonyl (C=O) groups excluding carboxylic acids is 1. The summed E-state index contributed by atoms with van der Waals surface area (Å²) in [6.45, 7) is 3.25. The third-order valence-corrected chi connectivity index (χ3v) is 6.17. The van der Waals surface area contributed by atoms with Crippen LogP contribution >= 0.6 is 0 Å². The number of nitro benzene ring substituents is 1. The maximum absolute atomic E-state index is 12.9. The lowest BCUT2D eigenvalue weighted by atomic mass is 9.89. The Morgan fingerprint density at radius 1 is 1.31 bits per heavy atom. The Kier molecular flexibility index (Phi) is 6.31. The Balaban J connectivity index is 1.86. The van der Waals surface area contributed by atoms with E-state index in [1.165, 1.54) is 18.2 Å². The van der Waals surface area contributed by atoms with Crippen LogP contribution in [0, 0.1) is 10.1 Å². The van der Waals surface area contributed by atoms with E-state index in [4.69, 9.17) is 9.47 Å². The molecule has 32 heavy (non-hydrogen) atoms. The van der Waals surface area contributed by atoms with Gasteiger partial charge in [0.15, 0.2) is 0 Å². The molecule has 0 fully saturated rings. The maximum Gasteiger partial charge on any atom is 0.271 e. The zero-order chi connectivity index (χ0) is 23.7. The fourth-order valence-electron chi connectivity index (χ4n) is 3.62. The molecule has 1 amide bonds. The van der Waals surface area contributed by atoms with E-state index in [0.717, 1.165) is 22.2 Å². The van der Waals surface area contributed by atoms with Gasteiger partial charge in [-0.3, -0.25) is 19.2 Å². The summed E-state index contributed by atoms with van der Waals surface area (Å²) in [4.78, 5) is 23.3. The van der Waals surface area contributed by atoms with Crippen molar-refractivity contribution < 1.29 is 27.6 Å². The number of nitro groups is 1. The average Bonchev–Trinajstić information content (AvgIpc) is 2.69. The second-order valence-electron chi connectivity index (χ2n) is 8.14. The summed E-state index contributed by atoms with van der Waals surface area (Å²) in [6, 6.07) is 10.0. The summed E-state index contributed by atoms with van der Waals surface area (Å²) < 4.78 is 36.8. The number of ether oxygens (including phenoxy) is 2. The molecule has 0 saturated carbocycles. The Labute approximate surface area is 186 Å². The predicted octanol–water partition coefficient (Wildman–Crippen LogP) is 2.79. The minimum absolute atomic E-state index is 0.0364. The number of hydrogen-bond acceptors (Lipinski definition) is 7. The number of nitrogens with zero attached hydrogens (tertiary/aromatic N) is 2. The summed E-state index contributed by atoms with van der Waals surface area (Å²) in [5.41, 5.74) is -0.0620.